The summed E-state index contributed by atoms with van der Waals surface area (Å²) in [6, 6.07) is 0. The predicted octanol–water partition coefficient (Wildman–Crippen LogP) is 1.29. The lowest BCUT2D eigenvalue weighted by atomic mass is 9.86. The molecule has 1 saturated heterocycles. The van der Waals surface area contributed by atoms with Crippen molar-refractivity contribution in [1.29, 1.82) is 0 Å². The molecule has 4 atom stereocenters. The van der Waals surface area contributed by atoms with Gasteiger partial charge < -0.3 is 4.90 Å². The van der Waals surface area contributed by atoms with Gasteiger partial charge in [0.2, 0.25) is 5.91 Å². The minimum Gasteiger partial charge on any atom is -0.342 e. The maximum Gasteiger partial charge on any atom is 0.226 e. The lowest BCUT2D eigenvalue weighted by Crippen LogP contribution is -2.28. The van der Waals surface area contributed by atoms with Crippen molar-refractivity contribution in [2.24, 2.45) is 23.7 Å². The summed E-state index contributed by atoms with van der Waals surface area (Å²) in [5.41, 5.74) is 0. The Morgan fingerprint density at radius 3 is 2.92 bits per heavy atom. The van der Waals surface area contributed by atoms with Crippen molar-refractivity contribution in [3.05, 3.63) is 12.2 Å². The van der Waals surface area contributed by atoms with Gasteiger partial charge in [0.25, 0.3) is 0 Å². The van der Waals surface area contributed by atoms with Crippen molar-refractivity contribution < 1.29 is 4.79 Å². The molecule has 2 nitrogen and oxygen atoms in total. The Morgan fingerprint density at radius 2 is 2.23 bits per heavy atom. The molecule has 13 heavy (non-hydrogen) atoms. The lowest BCUT2D eigenvalue weighted by Gasteiger charge is -2.15. The van der Waals surface area contributed by atoms with E-state index in [1.54, 1.807) is 0 Å². The van der Waals surface area contributed by atoms with Crippen LogP contribution >= 0.6 is 0 Å². The molecule has 0 radical (unpaired) electrons. The molecule has 4 unspecified atom stereocenters. The normalized spacial score (nSPS) is 46.2. The van der Waals surface area contributed by atoms with E-state index in [0.717, 1.165) is 19.0 Å². The number of likely N-dealkylation sites (tertiary alicyclic amines) is 1. The number of amides is 1. The van der Waals surface area contributed by atoms with Crippen LogP contribution in [0.1, 0.15) is 13.3 Å². The second kappa shape index (κ2) is 2.37. The first-order valence-electron chi connectivity index (χ1n) is 5.28. The third kappa shape index (κ3) is 0.812. The fraction of sp³-hybridized carbons (Fsp3) is 0.727. The van der Waals surface area contributed by atoms with Crippen LogP contribution in [0, 0.1) is 23.7 Å². The first-order chi connectivity index (χ1) is 6.31. The molecular formula is C11H15NO. The van der Waals surface area contributed by atoms with Crippen LogP contribution in [0.4, 0.5) is 0 Å². The van der Waals surface area contributed by atoms with Gasteiger partial charge in [-0.05, 0) is 31.1 Å². The van der Waals surface area contributed by atoms with E-state index < -0.39 is 0 Å². The highest BCUT2D eigenvalue weighted by Crippen LogP contribution is 2.51. The number of rotatable bonds is 1. The van der Waals surface area contributed by atoms with Crippen molar-refractivity contribution in [1.82, 2.24) is 4.90 Å². The predicted molar refractivity (Wildman–Crippen MR) is 50.0 cm³/mol. The number of fused-ring (bicyclic) bond motifs is 5. The molecule has 70 valence electrons. The average Bonchev–Trinajstić information content (AvgIpc) is 2.76. The molecule has 1 amide bonds. The summed E-state index contributed by atoms with van der Waals surface area (Å²) >= 11 is 0. The van der Waals surface area contributed by atoms with Gasteiger partial charge in [-0.2, -0.15) is 0 Å². The van der Waals surface area contributed by atoms with E-state index in [2.05, 4.69) is 19.1 Å². The number of hydrogen-bond donors (Lipinski definition) is 0. The molecule has 3 rings (SSSR count). The second-order valence-corrected chi connectivity index (χ2v) is 4.51. The Morgan fingerprint density at radius 1 is 1.46 bits per heavy atom. The van der Waals surface area contributed by atoms with E-state index in [4.69, 9.17) is 0 Å². The molecule has 0 N–H and O–H groups in total. The molecule has 1 heterocycles. The van der Waals surface area contributed by atoms with Gasteiger partial charge in [-0.25, -0.2) is 0 Å². The van der Waals surface area contributed by atoms with Crippen LogP contribution in [0.25, 0.3) is 0 Å². The number of carbonyl (C=O) groups is 1. The largest absolute Gasteiger partial charge is 0.342 e. The molecule has 0 aromatic carbocycles. The number of carbonyl (C=O) groups excluding carboxylic acids is 1. The second-order valence-electron chi connectivity index (χ2n) is 4.51. The maximum atomic E-state index is 11.9. The number of nitrogens with zero attached hydrogens (tertiary/aromatic N) is 1. The third-order valence-electron chi connectivity index (χ3n) is 4.03. The van der Waals surface area contributed by atoms with Gasteiger partial charge in [-0.1, -0.05) is 12.2 Å². The zero-order chi connectivity index (χ0) is 9.00. The molecule has 2 aliphatic carbocycles. The summed E-state index contributed by atoms with van der Waals surface area (Å²) in [7, 11) is 0. The van der Waals surface area contributed by atoms with Gasteiger partial charge in [0, 0.05) is 19.0 Å². The Balaban J connectivity index is 1.92. The van der Waals surface area contributed by atoms with Crippen LogP contribution in [-0.4, -0.2) is 23.9 Å². The van der Waals surface area contributed by atoms with Gasteiger partial charge in [-0.15, -0.1) is 0 Å². The highest BCUT2D eigenvalue weighted by atomic mass is 16.2. The van der Waals surface area contributed by atoms with Crippen LogP contribution in [0.15, 0.2) is 12.2 Å². The highest BCUT2D eigenvalue weighted by molar-refractivity contribution is 5.83. The minimum atomic E-state index is 0.356. The number of allylic oxidation sites excluding steroid dienone is 2. The molecule has 1 saturated carbocycles. The summed E-state index contributed by atoms with van der Waals surface area (Å²) in [6.45, 7) is 3.99. The molecular weight excluding hydrogens is 162 g/mol. The molecule has 2 fully saturated rings. The summed E-state index contributed by atoms with van der Waals surface area (Å²) in [4.78, 5) is 13.9. The van der Waals surface area contributed by atoms with Gasteiger partial charge in [-0.3, -0.25) is 4.79 Å². The Kier molecular flexibility index (Phi) is 1.38. The molecule has 3 aliphatic rings. The average molecular weight is 177 g/mol. The van der Waals surface area contributed by atoms with Crippen molar-refractivity contribution in [2.75, 3.05) is 13.1 Å². The Hall–Kier alpha value is -0.790. The van der Waals surface area contributed by atoms with E-state index in [-0.39, 0.29) is 0 Å². The van der Waals surface area contributed by atoms with E-state index in [0.29, 0.717) is 23.7 Å². The first kappa shape index (κ1) is 7.60. The fourth-order valence-electron chi connectivity index (χ4n) is 3.38. The SMILES string of the molecule is CCN1CC2C3C=CC(C3)C2C1=O. The van der Waals surface area contributed by atoms with E-state index in [1.165, 1.54) is 6.42 Å². The topological polar surface area (TPSA) is 20.3 Å². The summed E-state index contributed by atoms with van der Waals surface area (Å²) in [6.07, 6.45) is 5.85. The molecule has 2 bridgehead atoms. The summed E-state index contributed by atoms with van der Waals surface area (Å²) < 4.78 is 0. The van der Waals surface area contributed by atoms with Crippen molar-refractivity contribution >= 4 is 5.91 Å². The monoisotopic (exact) mass is 177 g/mol. The van der Waals surface area contributed by atoms with Gasteiger partial charge in [0.15, 0.2) is 0 Å². The number of hydrogen-bond acceptors (Lipinski definition) is 1. The molecule has 1 aliphatic heterocycles. The van der Waals surface area contributed by atoms with Crippen LogP contribution in [0.5, 0.6) is 0 Å². The summed E-state index contributed by atoms with van der Waals surface area (Å²) in [5, 5.41) is 0. The van der Waals surface area contributed by atoms with Crippen molar-refractivity contribution in [2.45, 2.75) is 13.3 Å². The Labute approximate surface area is 78.6 Å². The first-order valence-corrected chi connectivity index (χ1v) is 5.28. The zero-order valence-corrected chi connectivity index (χ0v) is 7.94. The van der Waals surface area contributed by atoms with E-state index in [1.807, 2.05) is 4.90 Å². The fourth-order valence-corrected chi connectivity index (χ4v) is 3.38. The van der Waals surface area contributed by atoms with Crippen LogP contribution in [0.2, 0.25) is 0 Å². The van der Waals surface area contributed by atoms with Crippen molar-refractivity contribution in [3.63, 3.8) is 0 Å². The van der Waals surface area contributed by atoms with Crippen molar-refractivity contribution in [3.8, 4) is 0 Å². The zero-order valence-electron chi connectivity index (χ0n) is 7.94. The van der Waals surface area contributed by atoms with Gasteiger partial charge in [0.05, 0.1) is 0 Å². The quantitative estimate of drug-likeness (QED) is 0.553. The van der Waals surface area contributed by atoms with Crippen LogP contribution < -0.4 is 0 Å². The minimum absolute atomic E-state index is 0.356. The van der Waals surface area contributed by atoms with Crippen LogP contribution in [-0.2, 0) is 4.79 Å². The molecule has 0 aromatic heterocycles. The summed E-state index contributed by atoms with van der Waals surface area (Å²) in [5.74, 6) is 2.73. The molecule has 0 aromatic rings. The van der Waals surface area contributed by atoms with E-state index in [9.17, 15) is 4.79 Å². The lowest BCUT2D eigenvalue weighted by molar-refractivity contribution is -0.131. The van der Waals surface area contributed by atoms with E-state index >= 15 is 0 Å². The highest BCUT2D eigenvalue weighted by Gasteiger charge is 2.53. The standard InChI is InChI=1S/C11H15NO/c1-2-12-6-9-7-3-4-8(5-7)10(9)11(12)13/h3-4,7-10H,2,5-6H2,1H3. The van der Waals surface area contributed by atoms with Crippen LogP contribution in [0.3, 0.4) is 0 Å². The Bertz CT molecular complexity index is 284. The third-order valence-corrected chi connectivity index (χ3v) is 4.03. The molecule has 0 spiro atoms. The van der Waals surface area contributed by atoms with Gasteiger partial charge >= 0.3 is 0 Å². The smallest absolute Gasteiger partial charge is 0.226 e. The maximum absolute atomic E-state index is 11.9. The molecule has 2 heteroatoms. The van der Waals surface area contributed by atoms with Gasteiger partial charge in [0.1, 0.15) is 0 Å².